The number of hydrogen-bond acceptors (Lipinski definition) is 0. The first-order valence-electron chi connectivity index (χ1n) is 11.2. The van der Waals surface area contributed by atoms with E-state index < -0.39 is 0 Å². The molecule has 2 fully saturated rings. The summed E-state index contributed by atoms with van der Waals surface area (Å²) >= 11 is 3.52. The summed E-state index contributed by atoms with van der Waals surface area (Å²) in [7, 11) is 0. The van der Waals surface area contributed by atoms with Crippen LogP contribution in [0.1, 0.15) is 89.5 Å². The monoisotopic (exact) mass is 416 g/mol. The molecule has 0 atom stereocenters. The van der Waals surface area contributed by atoms with Crippen molar-refractivity contribution in [2.75, 3.05) is 0 Å². The average Bonchev–Trinajstić information content (AvgIpc) is 2.69. The van der Waals surface area contributed by atoms with E-state index in [1.54, 1.807) is 5.57 Å². The van der Waals surface area contributed by atoms with Crippen molar-refractivity contribution in [2.45, 2.75) is 90.4 Å². The van der Waals surface area contributed by atoms with Gasteiger partial charge in [-0.1, -0.05) is 85.2 Å². The van der Waals surface area contributed by atoms with Crippen LogP contribution in [0.5, 0.6) is 0 Å². The van der Waals surface area contributed by atoms with E-state index in [-0.39, 0.29) is 0 Å². The van der Waals surface area contributed by atoms with Gasteiger partial charge in [0.15, 0.2) is 0 Å². The van der Waals surface area contributed by atoms with Gasteiger partial charge >= 0.3 is 0 Å². The lowest BCUT2D eigenvalue weighted by atomic mass is 9.69. The lowest BCUT2D eigenvalue weighted by Gasteiger charge is -2.36. The molecule has 1 aromatic rings. The second kappa shape index (κ2) is 10.7. The van der Waals surface area contributed by atoms with Gasteiger partial charge in [-0.15, -0.1) is 0 Å². The zero-order chi connectivity index (χ0) is 18.2. The summed E-state index contributed by atoms with van der Waals surface area (Å²) in [6, 6.07) is 8.80. The first-order chi connectivity index (χ1) is 12.7. The number of allylic oxidation sites excluding steroid dienone is 2. The summed E-state index contributed by atoms with van der Waals surface area (Å²) in [6.45, 7) is 2.32. The Morgan fingerprint density at radius 2 is 1.54 bits per heavy atom. The summed E-state index contributed by atoms with van der Waals surface area (Å²) < 4.78 is 1.18. The highest BCUT2D eigenvalue weighted by Gasteiger charge is 2.29. The molecule has 0 heterocycles. The van der Waals surface area contributed by atoms with Gasteiger partial charge in [-0.3, -0.25) is 0 Å². The van der Waals surface area contributed by atoms with Gasteiger partial charge in [-0.2, -0.15) is 0 Å². The van der Waals surface area contributed by atoms with Gasteiger partial charge in [0.25, 0.3) is 0 Å². The van der Waals surface area contributed by atoms with Gasteiger partial charge in [-0.05, 0) is 80.4 Å². The van der Waals surface area contributed by atoms with Crippen molar-refractivity contribution in [3.05, 3.63) is 46.0 Å². The van der Waals surface area contributed by atoms with Crippen LogP contribution >= 0.6 is 15.9 Å². The molecule has 0 bridgehead atoms. The highest BCUT2D eigenvalue weighted by Crippen LogP contribution is 2.42. The standard InChI is InChI=1S/C25H37Br/c1-2-3-4-5-20-8-14-23(15-9-20)24-16-10-21(11-17-24)6-7-22-12-18-25(26)19-13-22/h6,12-13,18-20,23-24H,2-5,7-11,14-17H2,1H3/t20-,23-,24?. The van der Waals surface area contributed by atoms with Gasteiger partial charge in [0.05, 0.1) is 0 Å². The van der Waals surface area contributed by atoms with Gasteiger partial charge in [0.1, 0.15) is 0 Å². The molecule has 2 saturated carbocycles. The Kier molecular flexibility index (Phi) is 8.30. The SMILES string of the molecule is CCCCC[C@H]1CC[C@H](C2CCC(=CCc3ccc(Br)cc3)CC2)CC1. The minimum absolute atomic E-state index is 1.02. The van der Waals surface area contributed by atoms with Crippen LogP contribution < -0.4 is 0 Å². The zero-order valence-electron chi connectivity index (χ0n) is 16.7. The second-order valence-corrected chi connectivity index (χ2v) is 9.72. The van der Waals surface area contributed by atoms with E-state index in [9.17, 15) is 0 Å². The van der Waals surface area contributed by atoms with Gasteiger partial charge in [0.2, 0.25) is 0 Å². The van der Waals surface area contributed by atoms with Crippen molar-refractivity contribution >= 4 is 15.9 Å². The molecule has 144 valence electrons. The van der Waals surface area contributed by atoms with E-state index in [2.05, 4.69) is 53.2 Å². The molecule has 0 N–H and O–H groups in total. The molecule has 0 saturated heterocycles. The molecular formula is C25H37Br. The maximum Gasteiger partial charge on any atom is 0.0175 e. The normalized spacial score (nSPS) is 26.7. The fourth-order valence-electron chi connectivity index (χ4n) is 5.20. The van der Waals surface area contributed by atoms with E-state index in [1.165, 1.54) is 87.1 Å². The number of halogens is 1. The second-order valence-electron chi connectivity index (χ2n) is 8.81. The predicted molar refractivity (Wildman–Crippen MR) is 117 cm³/mol. The third-order valence-electron chi connectivity index (χ3n) is 6.99. The molecule has 2 aliphatic carbocycles. The van der Waals surface area contributed by atoms with E-state index >= 15 is 0 Å². The minimum Gasteiger partial charge on any atom is -0.0809 e. The molecule has 1 heteroatoms. The average molecular weight is 417 g/mol. The first-order valence-corrected chi connectivity index (χ1v) is 12.0. The third-order valence-corrected chi connectivity index (χ3v) is 7.51. The lowest BCUT2D eigenvalue weighted by molar-refractivity contribution is 0.172. The number of hydrogen-bond donors (Lipinski definition) is 0. The Morgan fingerprint density at radius 3 is 2.19 bits per heavy atom. The molecule has 0 amide bonds. The van der Waals surface area contributed by atoms with E-state index in [4.69, 9.17) is 0 Å². The van der Waals surface area contributed by atoms with E-state index in [1.807, 2.05) is 0 Å². The van der Waals surface area contributed by atoms with Crippen molar-refractivity contribution in [1.29, 1.82) is 0 Å². The third kappa shape index (κ3) is 6.25. The van der Waals surface area contributed by atoms with Crippen LogP contribution in [0.25, 0.3) is 0 Å². The molecule has 26 heavy (non-hydrogen) atoms. The molecule has 0 spiro atoms. The van der Waals surface area contributed by atoms with Crippen molar-refractivity contribution in [2.24, 2.45) is 17.8 Å². The summed E-state index contributed by atoms with van der Waals surface area (Å²) in [5, 5.41) is 0. The number of benzene rings is 1. The van der Waals surface area contributed by atoms with Crippen molar-refractivity contribution in [1.82, 2.24) is 0 Å². The molecule has 0 radical (unpaired) electrons. The zero-order valence-corrected chi connectivity index (χ0v) is 18.3. The Hall–Kier alpha value is -0.560. The van der Waals surface area contributed by atoms with Crippen molar-refractivity contribution < 1.29 is 0 Å². The van der Waals surface area contributed by atoms with Gasteiger partial charge in [-0.25, -0.2) is 0 Å². The van der Waals surface area contributed by atoms with E-state index in [0.717, 1.165) is 24.2 Å². The summed E-state index contributed by atoms with van der Waals surface area (Å²) in [4.78, 5) is 0. The Bertz CT molecular complexity index is 538. The molecule has 1 aromatic carbocycles. The summed E-state index contributed by atoms with van der Waals surface area (Å²) in [5.41, 5.74) is 3.15. The van der Waals surface area contributed by atoms with Crippen LogP contribution in [-0.2, 0) is 6.42 Å². The fraction of sp³-hybridized carbons (Fsp3) is 0.680. The van der Waals surface area contributed by atoms with Gasteiger partial charge < -0.3 is 0 Å². The highest BCUT2D eigenvalue weighted by atomic mass is 79.9. The van der Waals surface area contributed by atoms with Crippen molar-refractivity contribution in [3.8, 4) is 0 Å². The topological polar surface area (TPSA) is 0 Å². The molecule has 0 aliphatic heterocycles. The van der Waals surface area contributed by atoms with Crippen LogP contribution in [0.15, 0.2) is 40.4 Å². The highest BCUT2D eigenvalue weighted by molar-refractivity contribution is 9.10. The quantitative estimate of drug-likeness (QED) is 0.308. The maximum absolute atomic E-state index is 3.52. The van der Waals surface area contributed by atoms with Gasteiger partial charge in [0, 0.05) is 4.47 Å². The Labute approximate surface area is 170 Å². The van der Waals surface area contributed by atoms with Crippen LogP contribution in [0.2, 0.25) is 0 Å². The van der Waals surface area contributed by atoms with E-state index in [0.29, 0.717) is 0 Å². The van der Waals surface area contributed by atoms with Crippen molar-refractivity contribution in [3.63, 3.8) is 0 Å². The number of rotatable bonds is 7. The molecule has 0 nitrogen and oxygen atoms in total. The Balaban J connectivity index is 1.37. The van der Waals surface area contributed by atoms with Crippen LogP contribution in [0.4, 0.5) is 0 Å². The minimum atomic E-state index is 1.02. The molecule has 0 aromatic heterocycles. The Morgan fingerprint density at radius 1 is 0.885 bits per heavy atom. The summed E-state index contributed by atoms with van der Waals surface area (Å²) in [6.07, 6.45) is 21.2. The number of unbranched alkanes of at least 4 members (excludes halogenated alkanes) is 2. The predicted octanol–water partition coefficient (Wildman–Crippen LogP) is 8.49. The molecule has 0 unspecified atom stereocenters. The first kappa shape index (κ1) is 20.2. The summed E-state index contributed by atoms with van der Waals surface area (Å²) in [5.74, 6) is 3.13. The van der Waals surface area contributed by atoms with Crippen LogP contribution in [0, 0.1) is 17.8 Å². The van der Waals surface area contributed by atoms with Crippen LogP contribution in [-0.4, -0.2) is 0 Å². The molecule has 3 rings (SSSR count). The molecular weight excluding hydrogens is 380 g/mol. The fourth-order valence-corrected chi connectivity index (χ4v) is 5.46. The van der Waals surface area contributed by atoms with Crippen LogP contribution in [0.3, 0.4) is 0 Å². The largest absolute Gasteiger partial charge is 0.0809 e. The maximum atomic E-state index is 3.52. The smallest absolute Gasteiger partial charge is 0.0175 e. The molecule has 2 aliphatic rings. The lowest BCUT2D eigenvalue weighted by Crippen LogP contribution is -2.24.